The van der Waals surface area contributed by atoms with Crippen molar-refractivity contribution in [2.45, 2.75) is 231 Å². The van der Waals surface area contributed by atoms with Crippen LogP contribution in [0.25, 0.3) is 0 Å². The molecule has 0 saturated carbocycles. The van der Waals surface area contributed by atoms with Gasteiger partial charge in [0.05, 0.1) is 13.2 Å². The number of carbonyl (C=O) groups is 4. The first-order chi connectivity index (χ1) is 27.8. The molecule has 0 spiro atoms. The molecule has 330 valence electrons. The largest absolute Gasteiger partial charge is 0.480 e. The van der Waals surface area contributed by atoms with Crippen LogP contribution >= 0.6 is 0 Å². The molecule has 0 aliphatic rings. The predicted octanol–water partition coefficient (Wildman–Crippen LogP) is 11.8. The lowest BCUT2D eigenvalue weighted by Crippen LogP contribution is -2.47. The zero-order chi connectivity index (χ0) is 41.9. The molecule has 0 aliphatic heterocycles. The van der Waals surface area contributed by atoms with E-state index in [4.69, 9.17) is 14.9 Å². The molecule has 0 aromatic heterocycles. The Morgan fingerprint density at radius 3 is 1.49 bits per heavy atom. The summed E-state index contributed by atoms with van der Waals surface area (Å²) in [5.41, 5.74) is 0. The number of carbonyl (C=O) groups excluding carboxylic acids is 3. The summed E-state index contributed by atoms with van der Waals surface area (Å²) in [6.07, 6.45) is 48.8. The molecule has 0 fully saturated rings. The summed E-state index contributed by atoms with van der Waals surface area (Å²) >= 11 is 0. The molecule has 0 aromatic carbocycles. The van der Waals surface area contributed by atoms with Crippen LogP contribution in [0.2, 0.25) is 0 Å². The number of hydrogen-bond acceptors (Lipinski definition) is 6. The first kappa shape index (κ1) is 54.1. The number of esters is 1. The van der Waals surface area contributed by atoms with Crippen LogP contribution in [0.15, 0.2) is 36.5 Å². The standard InChI is InChI=1S/C48H86N2O7/c1-3-5-7-9-11-13-15-17-19-20-22-24-26-29-33-37-43(57-47(54)40-36-32-27-25-23-21-18-16-14-12-10-8-6-4-2)38-34-30-28-31-35-39-45(52)49-41-46(53)50-44(42-51)48(55)56/h10,12,16,18,20,22,43-44,51H,3-9,11,13-15,17,19,21,23-42H2,1-2H3,(H,49,52)(H,50,53)(H,55,56)/b12-10-,18-16-,22-20-. The highest BCUT2D eigenvalue weighted by molar-refractivity contribution is 5.87. The summed E-state index contributed by atoms with van der Waals surface area (Å²) in [4.78, 5) is 47.7. The number of hydrogen-bond donors (Lipinski definition) is 4. The van der Waals surface area contributed by atoms with Crippen LogP contribution in [0.5, 0.6) is 0 Å². The number of aliphatic hydroxyl groups is 1. The summed E-state index contributed by atoms with van der Waals surface area (Å²) in [5, 5.41) is 22.6. The van der Waals surface area contributed by atoms with Gasteiger partial charge in [-0.15, -0.1) is 0 Å². The number of aliphatic hydroxyl groups excluding tert-OH is 1. The minimum absolute atomic E-state index is 0.0354. The molecule has 57 heavy (non-hydrogen) atoms. The van der Waals surface area contributed by atoms with Gasteiger partial charge in [-0.2, -0.15) is 0 Å². The van der Waals surface area contributed by atoms with Crippen molar-refractivity contribution in [2.75, 3.05) is 13.2 Å². The van der Waals surface area contributed by atoms with E-state index < -0.39 is 24.5 Å². The number of ether oxygens (including phenoxy) is 1. The molecule has 2 amide bonds. The van der Waals surface area contributed by atoms with Crippen molar-refractivity contribution in [1.29, 1.82) is 0 Å². The lowest BCUT2D eigenvalue weighted by Gasteiger charge is -2.18. The predicted molar refractivity (Wildman–Crippen MR) is 236 cm³/mol. The van der Waals surface area contributed by atoms with Crippen LogP contribution < -0.4 is 10.6 Å². The molecule has 2 atom stereocenters. The van der Waals surface area contributed by atoms with Crippen LogP contribution in [0.4, 0.5) is 0 Å². The second kappa shape index (κ2) is 42.7. The molecule has 0 bridgehead atoms. The van der Waals surface area contributed by atoms with E-state index in [0.29, 0.717) is 19.3 Å². The Bertz CT molecular complexity index is 1060. The SMILES string of the molecule is CCCC/C=C\C/C=C\CCCCCCCC(=O)OC(CCCCC/C=C\CCCCCCCCCC)CCCCCCCC(=O)NCC(=O)NC(CO)C(=O)O. The third kappa shape index (κ3) is 39.7. The normalized spacial score (nSPS) is 12.8. The molecule has 0 heterocycles. The van der Waals surface area contributed by atoms with E-state index in [-0.39, 0.29) is 24.5 Å². The summed E-state index contributed by atoms with van der Waals surface area (Å²) < 4.78 is 6.03. The molecule has 4 N–H and O–H groups in total. The fraction of sp³-hybridized carbons (Fsp3) is 0.792. The van der Waals surface area contributed by atoms with E-state index in [1.165, 1.54) is 96.3 Å². The Morgan fingerprint density at radius 1 is 0.526 bits per heavy atom. The third-order valence-corrected chi connectivity index (χ3v) is 10.4. The van der Waals surface area contributed by atoms with Gasteiger partial charge in [0.25, 0.3) is 0 Å². The second-order valence-corrected chi connectivity index (χ2v) is 15.8. The summed E-state index contributed by atoms with van der Waals surface area (Å²) in [5.74, 6) is -2.31. The maximum absolute atomic E-state index is 12.8. The molecule has 0 rings (SSSR count). The number of aliphatic carboxylic acids is 1. The smallest absolute Gasteiger partial charge is 0.328 e. The third-order valence-electron chi connectivity index (χ3n) is 10.4. The van der Waals surface area contributed by atoms with Crippen molar-refractivity contribution in [3.8, 4) is 0 Å². The zero-order valence-corrected chi connectivity index (χ0v) is 36.6. The minimum atomic E-state index is -1.38. The summed E-state index contributed by atoms with van der Waals surface area (Å²) in [6.45, 7) is 3.45. The second-order valence-electron chi connectivity index (χ2n) is 15.8. The minimum Gasteiger partial charge on any atom is -0.480 e. The number of carboxylic acid groups (broad SMARTS) is 1. The average Bonchev–Trinajstić information content (AvgIpc) is 3.20. The van der Waals surface area contributed by atoms with Gasteiger partial charge in [-0.05, 0) is 89.9 Å². The van der Waals surface area contributed by atoms with Gasteiger partial charge in [-0.3, -0.25) is 14.4 Å². The molecular weight excluding hydrogens is 717 g/mol. The van der Waals surface area contributed by atoms with Crippen LogP contribution in [-0.4, -0.2) is 59.3 Å². The Morgan fingerprint density at radius 2 is 0.965 bits per heavy atom. The topological polar surface area (TPSA) is 142 Å². The number of rotatable bonds is 42. The molecule has 9 nitrogen and oxygen atoms in total. The van der Waals surface area contributed by atoms with E-state index >= 15 is 0 Å². The van der Waals surface area contributed by atoms with E-state index in [1.807, 2.05) is 0 Å². The first-order valence-corrected chi connectivity index (χ1v) is 23.4. The number of unbranched alkanes of at least 4 members (excludes halogenated alkanes) is 22. The summed E-state index contributed by atoms with van der Waals surface area (Å²) in [6, 6.07) is -1.38. The van der Waals surface area contributed by atoms with Gasteiger partial charge in [0.2, 0.25) is 11.8 Å². The molecule has 0 saturated heterocycles. The monoisotopic (exact) mass is 803 g/mol. The van der Waals surface area contributed by atoms with Crippen molar-refractivity contribution in [3.05, 3.63) is 36.5 Å². The van der Waals surface area contributed by atoms with E-state index in [2.05, 4.69) is 60.9 Å². The average molecular weight is 803 g/mol. The van der Waals surface area contributed by atoms with Gasteiger partial charge in [-0.1, -0.05) is 153 Å². The van der Waals surface area contributed by atoms with E-state index in [1.54, 1.807) is 0 Å². The number of nitrogens with one attached hydrogen (secondary N) is 2. The molecular formula is C48H86N2O7. The van der Waals surface area contributed by atoms with Crippen molar-refractivity contribution < 1.29 is 34.1 Å². The molecule has 2 unspecified atom stereocenters. The Kier molecular flexibility index (Phi) is 40.5. The Labute approximate surface area is 348 Å². The van der Waals surface area contributed by atoms with Crippen molar-refractivity contribution >= 4 is 23.8 Å². The number of amides is 2. The van der Waals surface area contributed by atoms with E-state index in [0.717, 1.165) is 89.9 Å². The molecule has 9 heteroatoms. The van der Waals surface area contributed by atoms with Gasteiger partial charge in [0, 0.05) is 12.8 Å². The molecule has 0 radical (unpaired) electrons. The van der Waals surface area contributed by atoms with Gasteiger partial charge >= 0.3 is 11.9 Å². The van der Waals surface area contributed by atoms with Gasteiger partial charge < -0.3 is 25.6 Å². The van der Waals surface area contributed by atoms with Crippen LogP contribution in [0, 0.1) is 0 Å². The fourth-order valence-electron chi connectivity index (χ4n) is 6.73. The maximum Gasteiger partial charge on any atom is 0.328 e. The van der Waals surface area contributed by atoms with E-state index in [9.17, 15) is 19.2 Å². The van der Waals surface area contributed by atoms with Gasteiger partial charge in [-0.25, -0.2) is 4.79 Å². The fourth-order valence-corrected chi connectivity index (χ4v) is 6.73. The Hall–Kier alpha value is -2.94. The van der Waals surface area contributed by atoms with Crippen LogP contribution in [0.1, 0.15) is 219 Å². The highest BCUT2D eigenvalue weighted by Crippen LogP contribution is 2.18. The highest BCUT2D eigenvalue weighted by atomic mass is 16.5. The lowest BCUT2D eigenvalue weighted by molar-refractivity contribution is -0.150. The number of carboxylic acids is 1. The highest BCUT2D eigenvalue weighted by Gasteiger charge is 2.19. The maximum atomic E-state index is 12.8. The zero-order valence-electron chi connectivity index (χ0n) is 36.6. The molecule has 0 aromatic rings. The first-order valence-electron chi connectivity index (χ1n) is 23.4. The van der Waals surface area contributed by atoms with Crippen LogP contribution in [0.3, 0.4) is 0 Å². The summed E-state index contributed by atoms with van der Waals surface area (Å²) in [7, 11) is 0. The van der Waals surface area contributed by atoms with Crippen molar-refractivity contribution in [3.63, 3.8) is 0 Å². The molecule has 0 aliphatic carbocycles. The Balaban J connectivity index is 4.38. The van der Waals surface area contributed by atoms with Crippen LogP contribution in [-0.2, 0) is 23.9 Å². The van der Waals surface area contributed by atoms with Crippen molar-refractivity contribution in [1.82, 2.24) is 10.6 Å². The van der Waals surface area contributed by atoms with Gasteiger partial charge in [0.1, 0.15) is 12.1 Å². The lowest BCUT2D eigenvalue weighted by atomic mass is 10.0. The van der Waals surface area contributed by atoms with Gasteiger partial charge in [0.15, 0.2) is 0 Å². The van der Waals surface area contributed by atoms with Crippen molar-refractivity contribution in [2.24, 2.45) is 0 Å². The number of allylic oxidation sites excluding steroid dienone is 6. The quantitative estimate of drug-likeness (QED) is 0.0273.